The number of aromatic nitrogens is 1. The second-order valence-electron chi connectivity index (χ2n) is 5.97. The van der Waals surface area contributed by atoms with E-state index in [4.69, 9.17) is 11.6 Å². The van der Waals surface area contributed by atoms with Crippen molar-refractivity contribution in [2.45, 2.75) is 13.5 Å². The molecule has 3 rings (SSSR count). The molecule has 1 amide bonds. The van der Waals surface area contributed by atoms with E-state index in [1.807, 2.05) is 0 Å². The molecule has 0 aliphatic carbocycles. The Morgan fingerprint density at radius 1 is 1.11 bits per heavy atom. The number of benzene rings is 2. The van der Waals surface area contributed by atoms with Crippen molar-refractivity contribution in [3.8, 4) is 0 Å². The van der Waals surface area contributed by atoms with Gasteiger partial charge in [-0.25, -0.2) is 8.78 Å². The van der Waals surface area contributed by atoms with Crippen molar-refractivity contribution >= 4 is 23.2 Å². The Kier molecular flexibility index (Phi) is 5.37. The molecule has 0 aliphatic heterocycles. The van der Waals surface area contributed by atoms with Crippen LogP contribution in [-0.2, 0) is 6.54 Å². The Morgan fingerprint density at radius 3 is 2.59 bits per heavy atom. The summed E-state index contributed by atoms with van der Waals surface area (Å²) in [6.07, 6.45) is 1.44. The predicted molar refractivity (Wildman–Crippen MR) is 100 cm³/mol. The fourth-order valence-corrected chi connectivity index (χ4v) is 2.78. The number of hydrogen-bond donors (Lipinski definition) is 1. The monoisotopic (exact) mass is 388 g/mol. The lowest BCUT2D eigenvalue weighted by molar-refractivity contribution is 0.102. The molecule has 138 valence electrons. The smallest absolute Gasteiger partial charge is 0.263 e. The molecule has 7 heteroatoms. The number of carbonyl (C=O) groups excluding carboxylic acids is 1. The largest absolute Gasteiger partial charge is 0.322 e. The number of halogens is 3. The molecule has 1 aromatic heterocycles. The van der Waals surface area contributed by atoms with Crippen molar-refractivity contribution in [3.63, 3.8) is 0 Å². The van der Waals surface area contributed by atoms with Crippen LogP contribution in [0.5, 0.6) is 0 Å². The van der Waals surface area contributed by atoms with E-state index >= 15 is 0 Å². The van der Waals surface area contributed by atoms with Crippen LogP contribution in [0.25, 0.3) is 0 Å². The van der Waals surface area contributed by atoms with Crippen LogP contribution in [-0.4, -0.2) is 10.5 Å². The molecule has 0 aliphatic rings. The Morgan fingerprint density at radius 2 is 1.89 bits per heavy atom. The molecule has 0 saturated carbocycles. The average Bonchev–Trinajstić information content (AvgIpc) is 2.62. The Balaban J connectivity index is 1.89. The number of rotatable bonds is 4. The van der Waals surface area contributed by atoms with Gasteiger partial charge in [0.25, 0.3) is 11.5 Å². The van der Waals surface area contributed by atoms with Crippen molar-refractivity contribution in [3.05, 3.63) is 98.4 Å². The molecule has 1 heterocycles. The van der Waals surface area contributed by atoms with Crippen LogP contribution in [0, 0.1) is 18.6 Å². The van der Waals surface area contributed by atoms with Gasteiger partial charge in [0.15, 0.2) is 0 Å². The summed E-state index contributed by atoms with van der Waals surface area (Å²) in [6.45, 7) is 1.48. The minimum absolute atomic E-state index is 0.120. The highest BCUT2D eigenvalue weighted by atomic mass is 35.5. The molecule has 0 atom stereocenters. The normalized spacial score (nSPS) is 10.7. The van der Waals surface area contributed by atoms with E-state index < -0.39 is 23.1 Å². The number of hydrogen-bond acceptors (Lipinski definition) is 2. The van der Waals surface area contributed by atoms with E-state index in [-0.39, 0.29) is 28.4 Å². The van der Waals surface area contributed by atoms with Crippen molar-refractivity contribution < 1.29 is 13.6 Å². The van der Waals surface area contributed by atoms with Gasteiger partial charge in [-0.2, -0.15) is 0 Å². The van der Waals surface area contributed by atoms with E-state index in [2.05, 4.69) is 5.32 Å². The average molecular weight is 389 g/mol. The lowest BCUT2D eigenvalue weighted by atomic mass is 10.2. The van der Waals surface area contributed by atoms with Crippen LogP contribution in [0.3, 0.4) is 0 Å². The van der Waals surface area contributed by atoms with Crippen molar-refractivity contribution in [2.24, 2.45) is 0 Å². The first-order valence-corrected chi connectivity index (χ1v) is 8.44. The van der Waals surface area contributed by atoms with Crippen molar-refractivity contribution in [1.29, 1.82) is 0 Å². The molecule has 4 nitrogen and oxygen atoms in total. The molecule has 0 radical (unpaired) electrons. The van der Waals surface area contributed by atoms with E-state index in [1.165, 1.54) is 59.3 Å². The van der Waals surface area contributed by atoms with Crippen molar-refractivity contribution in [1.82, 2.24) is 4.57 Å². The van der Waals surface area contributed by atoms with Crippen LogP contribution < -0.4 is 10.9 Å². The van der Waals surface area contributed by atoms with Gasteiger partial charge in [0.05, 0.1) is 6.54 Å². The molecule has 3 aromatic rings. The van der Waals surface area contributed by atoms with Crippen LogP contribution >= 0.6 is 11.6 Å². The highest BCUT2D eigenvalue weighted by Crippen LogP contribution is 2.19. The maximum absolute atomic E-state index is 14.0. The van der Waals surface area contributed by atoms with E-state index in [9.17, 15) is 18.4 Å². The van der Waals surface area contributed by atoms with Crippen molar-refractivity contribution in [2.75, 3.05) is 5.32 Å². The Bertz CT molecular complexity index is 1060. The maximum Gasteiger partial charge on any atom is 0.263 e. The highest BCUT2D eigenvalue weighted by molar-refractivity contribution is 6.31. The molecular weight excluding hydrogens is 374 g/mol. The predicted octanol–water partition coefficient (Wildman–Crippen LogP) is 4.39. The standard InChI is InChI=1S/C20H15ClF2N2O2/c1-12-7-8-13(10-18(12)23)24-19(26)14-4-3-9-25(20(14)27)11-15-16(21)5-2-6-17(15)22/h2-10H,11H2,1H3,(H,24,26). The van der Waals surface area contributed by atoms with Crippen LogP contribution in [0.15, 0.2) is 59.5 Å². The van der Waals surface area contributed by atoms with Gasteiger partial charge in [0, 0.05) is 22.5 Å². The number of nitrogens with one attached hydrogen (secondary N) is 1. The van der Waals surface area contributed by atoms with Crippen LogP contribution in [0.1, 0.15) is 21.5 Å². The summed E-state index contributed by atoms with van der Waals surface area (Å²) in [5, 5.41) is 2.68. The summed E-state index contributed by atoms with van der Waals surface area (Å²) in [4.78, 5) is 25.0. The van der Waals surface area contributed by atoms with Gasteiger partial charge in [-0.1, -0.05) is 23.7 Å². The molecule has 0 spiro atoms. The SMILES string of the molecule is Cc1ccc(NC(=O)c2cccn(Cc3c(F)cccc3Cl)c2=O)cc1F. The Labute approximate surface area is 159 Å². The van der Waals surface area contributed by atoms with Crippen LogP contribution in [0.4, 0.5) is 14.5 Å². The second-order valence-corrected chi connectivity index (χ2v) is 6.38. The lowest BCUT2D eigenvalue weighted by Crippen LogP contribution is -2.29. The minimum Gasteiger partial charge on any atom is -0.322 e. The second kappa shape index (κ2) is 7.72. The number of anilines is 1. The third-order valence-corrected chi connectivity index (χ3v) is 4.44. The fourth-order valence-electron chi connectivity index (χ4n) is 2.56. The summed E-state index contributed by atoms with van der Waals surface area (Å²) in [5.74, 6) is -1.69. The summed E-state index contributed by atoms with van der Waals surface area (Å²) >= 11 is 6.00. The van der Waals surface area contributed by atoms with Gasteiger partial charge in [0.2, 0.25) is 0 Å². The van der Waals surface area contributed by atoms with Gasteiger partial charge in [-0.3, -0.25) is 9.59 Å². The number of carbonyl (C=O) groups is 1. The molecule has 0 bridgehead atoms. The number of amides is 1. The van der Waals surface area contributed by atoms with Gasteiger partial charge in [-0.15, -0.1) is 0 Å². The summed E-state index contributed by atoms with van der Waals surface area (Å²) < 4.78 is 28.8. The quantitative estimate of drug-likeness (QED) is 0.720. The topological polar surface area (TPSA) is 51.1 Å². The zero-order valence-electron chi connectivity index (χ0n) is 14.3. The Hall–Kier alpha value is -2.99. The first kappa shape index (κ1) is 18.8. The van der Waals surface area contributed by atoms with Crippen LogP contribution in [0.2, 0.25) is 5.02 Å². The number of nitrogens with zero attached hydrogens (tertiary/aromatic N) is 1. The fraction of sp³-hybridized carbons (Fsp3) is 0.100. The molecule has 0 saturated heterocycles. The minimum atomic E-state index is -0.683. The van der Waals surface area contributed by atoms with E-state index in [1.54, 1.807) is 6.92 Å². The lowest BCUT2D eigenvalue weighted by Gasteiger charge is -2.11. The van der Waals surface area contributed by atoms with Gasteiger partial charge in [-0.05, 0) is 48.9 Å². The van der Waals surface area contributed by atoms with E-state index in [0.29, 0.717) is 5.56 Å². The summed E-state index contributed by atoms with van der Waals surface area (Å²) in [6, 6.07) is 11.3. The molecular formula is C20H15ClF2N2O2. The molecule has 2 aromatic carbocycles. The van der Waals surface area contributed by atoms with Gasteiger partial charge in [0.1, 0.15) is 17.2 Å². The zero-order valence-corrected chi connectivity index (χ0v) is 15.1. The summed E-state index contributed by atoms with van der Waals surface area (Å²) in [5.41, 5.74) is 0.0687. The maximum atomic E-state index is 14.0. The third-order valence-electron chi connectivity index (χ3n) is 4.08. The van der Waals surface area contributed by atoms with Gasteiger partial charge < -0.3 is 9.88 Å². The zero-order chi connectivity index (χ0) is 19.6. The van der Waals surface area contributed by atoms with Gasteiger partial charge >= 0.3 is 0 Å². The molecule has 27 heavy (non-hydrogen) atoms. The third kappa shape index (κ3) is 4.06. The van der Waals surface area contributed by atoms with E-state index in [0.717, 1.165) is 0 Å². The first-order chi connectivity index (χ1) is 12.9. The molecule has 1 N–H and O–H groups in total. The highest BCUT2D eigenvalue weighted by Gasteiger charge is 2.15. The summed E-state index contributed by atoms with van der Waals surface area (Å²) in [7, 11) is 0. The molecule has 0 fully saturated rings. The number of aryl methyl sites for hydroxylation is 1. The first-order valence-electron chi connectivity index (χ1n) is 8.06. The molecule has 0 unspecified atom stereocenters. The number of pyridine rings is 1.